The van der Waals surface area contributed by atoms with Gasteiger partial charge in [0.1, 0.15) is 0 Å². The molecule has 1 amide bonds. The summed E-state index contributed by atoms with van der Waals surface area (Å²) in [5, 5.41) is 26.1. The van der Waals surface area contributed by atoms with E-state index in [-0.39, 0.29) is 11.5 Å². The fourth-order valence-corrected chi connectivity index (χ4v) is 5.00. The second-order valence-electron chi connectivity index (χ2n) is 9.08. The first-order chi connectivity index (χ1) is 14.3. The van der Waals surface area contributed by atoms with E-state index < -0.39 is 43.4 Å². The Balaban J connectivity index is 1.93. The van der Waals surface area contributed by atoms with Crippen molar-refractivity contribution in [3.8, 4) is 0 Å². The van der Waals surface area contributed by atoms with Crippen molar-refractivity contribution in [2.75, 3.05) is 14.1 Å². The number of fused-ring (bicyclic) bond motifs is 2. The van der Waals surface area contributed by atoms with Crippen LogP contribution in [-0.2, 0) is 9.63 Å². The van der Waals surface area contributed by atoms with Crippen LogP contribution in [0.4, 0.5) is 11.4 Å². The maximum Gasteiger partial charge on any atom is 0.366 e. The zero-order chi connectivity index (χ0) is 23.4. The van der Waals surface area contributed by atoms with Crippen LogP contribution in [0.2, 0.25) is 0 Å². The predicted octanol–water partition coefficient (Wildman–Crippen LogP) is 3.32. The number of non-ortho nitro benzene ring substituents is 2. The summed E-state index contributed by atoms with van der Waals surface area (Å²) in [5.74, 6) is -1.05. The fourth-order valence-electron chi connectivity index (χ4n) is 5.00. The third kappa shape index (κ3) is 3.15. The van der Waals surface area contributed by atoms with Crippen LogP contribution in [0.25, 0.3) is 0 Å². The van der Waals surface area contributed by atoms with Gasteiger partial charge in [0, 0.05) is 38.1 Å². The van der Waals surface area contributed by atoms with Gasteiger partial charge in [-0.2, -0.15) is 0 Å². The molecular formula is C20H24N4O7. The van der Waals surface area contributed by atoms with E-state index in [0.29, 0.717) is 25.0 Å². The van der Waals surface area contributed by atoms with Gasteiger partial charge in [-0.1, -0.05) is 25.9 Å². The summed E-state index contributed by atoms with van der Waals surface area (Å²) in [7, 11) is 3.40. The Hall–Kier alpha value is -3.37. The van der Waals surface area contributed by atoms with Crippen molar-refractivity contribution in [2.45, 2.75) is 40.0 Å². The molecule has 2 fully saturated rings. The number of hydrogen-bond donors (Lipinski definition) is 0. The quantitative estimate of drug-likeness (QED) is 0.394. The van der Waals surface area contributed by atoms with E-state index in [0.717, 1.165) is 18.2 Å². The van der Waals surface area contributed by atoms with Crippen LogP contribution in [0.15, 0.2) is 23.4 Å². The molecule has 11 heteroatoms. The molecule has 0 saturated heterocycles. The molecule has 31 heavy (non-hydrogen) atoms. The number of nitrogens with zero attached hydrogens (tertiary/aromatic N) is 4. The number of carbonyl (C=O) groups is 2. The van der Waals surface area contributed by atoms with Crippen LogP contribution in [0.3, 0.4) is 0 Å². The zero-order valence-electron chi connectivity index (χ0n) is 18.0. The van der Waals surface area contributed by atoms with Crippen LogP contribution in [0.5, 0.6) is 0 Å². The lowest BCUT2D eigenvalue weighted by molar-refractivity contribution is -0.394. The zero-order valence-corrected chi connectivity index (χ0v) is 18.0. The minimum atomic E-state index is -1.04. The van der Waals surface area contributed by atoms with E-state index in [2.05, 4.69) is 5.16 Å². The Labute approximate surface area is 178 Å². The molecule has 1 aromatic rings. The molecule has 166 valence electrons. The van der Waals surface area contributed by atoms with Crippen molar-refractivity contribution in [2.24, 2.45) is 21.4 Å². The molecule has 2 atom stereocenters. The Kier molecular flexibility index (Phi) is 5.11. The molecule has 2 saturated carbocycles. The van der Waals surface area contributed by atoms with Crippen LogP contribution in [0.1, 0.15) is 50.4 Å². The summed E-state index contributed by atoms with van der Waals surface area (Å²) in [6, 6.07) is 2.57. The van der Waals surface area contributed by atoms with E-state index in [1.165, 1.54) is 0 Å². The van der Waals surface area contributed by atoms with Gasteiger partial charge >= 0.3 is 5.97 Å². The van der Waals surface area contributed by atoms with Gasteiger partial charge in [0.15, 0.2) is 0 Å². The Morgan fingerprint density at radius 2 is 1.58 bits per heavy atom. The summed E-state index contributed by atoms with van der Waals surface area (Å²) in [6.45, 7) is 6.00. The third-order valence-electron chi connectivity index (χ3n) is 7.35. The number of nitro groups is 2. The van der Waals surface area contributed by atoms with Crippen molar-refractivity contribution in [1.82, 2.24) is 4.90 Å². The molecule has 2 unspecified atom stereocenters. The lowest BCUT2D eigenvalue weighted by Gasteiger charge is -2.40. The SMILES string of the molecule is CN(C)C(=O)C12CCC(C)(/C(=N\OC(=O)c3cc([N+](=O)[O-])cc([N+](=O)[O-])c3)C1)C2(C)C. The number of rotatable bonds is 5. The van der Waals surface area contributed by atoms with Gasteiger partial charge in [-0.15, -0.1) is 0 Å². The van der Waals surface area contributed by atoms with Gasteiger partial charge in [-0.25, -0.2) is 4.79 Å². The number of benzene rings is 1. The van der Waals surface area contributed by atoms with Crippen LogP contribution in [0, 0.1) is 36.5 Å². The largest absolute Gasteiger partial charge is 0.366 e. The lowest BCUT2D eigenvalue weighted by Crippen LogP contribution is -2.46. The first kappa shape index (κ1) is 22.3. The van der Waals surface area contributed by atoms with Gasteiger partial charge in [-0.3, -0.25) is 25.0 Å². The van der Waals surface area contributed by atoms with Crippen LogP contribution < -0.4 is 0 Å². The van der Waals surface area contributed by atoms with Crippen molar-refractivity contribution in [3.05, 3.63) is 44.0 Å². The minimum absolute atomic E-state index is 0.00735. The smallest absolute Gasteiger partial charge is 0.348 e. The van der Waals surface area contributed by atoms with E-state index >= 15 is 0 Å². The van der Waals surface area contributed by atoms with Gasteiger partial charge in [-0.05, 0) is 18.3 Å². The maximum absolute atomic E-state index is 13.0. The molecule has 2 aliphatic rings. The highest BCUT2D eigenvalue weighted by Gasteiger charge is 2.72. The number of nitro benzene ring substituents is 2. The fraction of sp³-hybridized carbons (Fsp3) is 0.550. The summed E-state index contributed by atoms with van der Waals surface area (Å²) < 4.78 is 0. The molecule has 2 aliphatic carbocycles. The van der Waals surface area contributed by atoms with Crippen molar-refractivity contribution < 1.29 is 24.3 Å². The molecule has 1 aromatic carbocycles. The first-order valence-corrected chi connectivity index (χ1v) is 9.71. The Morgan fingerprint density at radius 3 is 2.06 bits per heavy atom. The van der Waals surface area contributed by atoms with E-state index in [1.54, 1.807) is 19.0 Å². The topological polar surface area (TPSA) is 145 Å². The minimum Gasteiger partial charge on any atom is -0.348 e. The highest BCUT2D eigenvalue weighted by Crippen LogP contribution is 2.71. The number of oxime groups is 1. The maximum atomic E-state index is 13.0. The summed E-state index contributed by atoms with van der Waals surface area (Å²) in [4.78, 5) is 52.6. The predicted molar refractivity (Wildman–Crippen MR) is 109 cm³/mol. The lowest BCUT2D eigenvalue weighted by atomic mass is 9.64. The molecule has 0 heterocycles. The summed E-state index contributed by atoms with van der Waals surface area (Å²) in [5.41, 5.74) is -2.57. The third-order valence-corrected chi connectivity index (χ3v) is 7.35. The van der Waals surface area contributed by atoms with Crippen molar-refractivity contribution >= 4 is 29.0 Å². The standard InChI is InChI=1S/C20H24N4O7/c1-18(2)19(3)6-7-20(18,17(26)22(4)5)11-15(19)21-31-16(25)12-8-13(23(27)28)10-14(9-12)24(29)30/h8-10H,6-7,11H2,1-5H3/b21-15-. The molecule has 3 rings (SSSR count). The van der Waals surface area contributed by atoms with Crippen LogP contribution >= 0.6 is 0 Å². The molecular weight excluding hydrogens is 408 g/mol. The van der Waals surface area contributed by atoms with Gasteiger partial charge in [0.05, 0.1) is 32.6 Å². The number of carbonyl (C=O) groups excluding carboxylic acids is 2. The summed E-state index contributed by atoms with van der Waals surface area (Å²) >= 11 is 0. The van der Waals surface area contributed by atoms with E-state index in [1.807, 2.05) is 20.8 Å². The van der Waals surface area contributed by atoms with Crippen molar-refractivity contribution in [3.63, 3.8) is 0 Å². The second-order valence-corrected chi connectivity index (χ2v) is 9.08. The van der Waals surface area contributed by atoms with E-state index in [4.69, 9.17) is 4.84 Å². The molecule has 0 spiro atoms. The number of hydrogen-bond acceptors (Lipinski definition) is 8. The van der Waals surface area contributed by atoms with E-state index in [9.17, 15) is 29.8 Å². The molecule has 0 radical (unpaired) electrons. The van der Waals surface area contributed by atoms with Gasteiger partial charge < -0.3 is 9.74 Å². The average molecular weight is 432 g/mol. The summed E-state index contributed by atoms with van der Waals surface area (Å²) in [6.07, 6.45) is 1.71. The van der Waals surface area contributed by atoms with Gasteiger partial charge in [0.2, 0.25) is 5.91 Å². The number of amides is 1. The highest BCUT2D eigenvalue weighted by atomic mass is 16.7. The second kappa shape index (κ2) is 7.10. The monoisotopic (exact) mass is 432 g/mol. The Bertz CT molecular complexity index is 1000. The van der Waals surface area contributed by atoms with Crippen LogP contribution in [-0.4, -0.2) is 46.4 Å². The average Bonchev–Trinajstić information content (AvgIpc) is 3.01. The Morgan fingerprint density at radius 1 is 1.03 bits per heavy atom. The van der Waals surface area contributed by atoms with Crippen molar-refractivity contribution in [1.29, 1.82) is 0 Å². The van der Waals surface area contributed by atoms with Gasteiger partial charge in [0.25, 0.3) is 11.4 Å². The molecule has 0 N–H and O–H groups in total. The highest BCUT2D eigenvalue weighted by molar-refractivity contribution is 6.02. The molecule has 0 aromatic heterocycles. The molecule has 0 aliphatic heterocycles. The first-order valence-electron chi connectivity index (χ1n) is 9.71. The molecule has 11 nitrogen and oxygen atoms in total. The molecule has 2 bridgehead atoms. The normalized spacial score (nSPS) is 27.2.